The van der Waals surface area contributed by atoms with Gasteiger partial charge in [0.15, 0.2) is 0 Å². The average molecular weight is 295 g/mol. The zero-order valence-electron chi connectivity index (χ0n) is 13.7. The van der Waals surface area contributed by atoms with E-state index in [9.17, 15) is 4.79 Å². The Balaban J connectivity index is 1.93. The van der Waals surface area contributed by atoms with Crippen LogP contribution in [0.25, 0.3) is 11.1 Å². The Morgan fingerprint density at radius 1 is 0.955 bits per heavy atom. The minimum atomic E-state index is 0.0635. The van der Waals surface area contributed by atoms with Crippen molar-refractivity contribution in [3.8, 4) is 11.1 Å². The van der Waals surface area contributed by atoms with Crippen LogP contribution in [0.3, 0.4) is 0 Å². The Morgan fingerprint density at radius 3 is 2.14 bits per heavy atom. The van der Waals surface area contributed by atoms with Gasteiger partial charge in [0.05, 0.1) is 0 Å². The minimum Gasteiger partial charge on any atom is -0.352 e. The van der Waals surface area contributed by atoms with Crippen LogP contribution in [0.4, 0.5) is 0 Å². The second-order valence-electron chi connectivity index (χ2n) is 5.95. The molecule has 2 atom stereocenters. The van der Waals surface area contributed by atoms with Gasteiger partial charge in [0.1, 0.15) is 0 Å². The molecular weight excluding hydrogens is 270 g/mol. The van der Waals surface area contributed by atoms with Gasteiger partial charge in [-0.25, -0.2) is 0 Å². The van der Waals surface area contributed by atoms with Gasteiger partial charge in [-0.1, -0.05) is 81.8 Å². The lowest BCUT2D eigenvalue weighted by Crippen LogP contribution is -2.31. The number of benzene rings is 2. The predicted molar refractivity (Wildman–Crippen MR) is 92.3 cm³/mol. The van der Waals surface area contributed by atoms with Crippen LogP contribution >= 0.6 is 0 Å². The largest absolute Gasteiger partial charge is 0.352 e. The zero-order valence-corrected chi connectivity index (χ0v) is 13.7. The quantitative estimate of drug-likeness (QED) is 0.825. The Hall–Kier alpha value is -2.09. The summed E-state index contributed by atoms with van der Waals surface area (Å²) >= 11 is 0. The summed E-state index contributed by atoms with van der Waals surface area (Å²) < 4.78 is 0. The highest BCUT2D eigenvalue weighted by Gasteiger charge is 2.18. The van der Waals surface area contributed by atoms with Crippen molar-refractivity contribution in [3.05, 3.63) is 60.2 Å². The van der Waals surface area contributed by atoms with Crippen molar-refractivity contribution in [1.29, 1.82) is 0 Å². The smallest absolute Gasteiger partial charge is 0.223 e. The highest BCUT2D eigenvalue weighted by Crippen LogP contribution is 2.19. The van der Waals surface area contributed by atoms with Gasteiger partial charge in [-0.15, -0.1) is 0 Å². The first-order valence-electron chi connectivity index (χ1n) is 8.04. The van der Waals surface area contributed by atoms with Crippen LogP contribution < -0.4 is 5.32 Å². The summed E-state index contributed by atoms with van der Waals surface area (Å²) in [5.41, 5.74) is 3.54. The maximum absolute atomic E-state index is 12.1. The fraction of sp³-hybridized carbons (Fsp3) is 0.350. The molecule has 0 spiro atoms. The molecule has 0 aliphatic carbocycles. The summed E-state index contributed by atoms with van der Waals surface area (Å²) in [6.07, 6.45) is 1.03. The summed E-state index contributed by atoms with van der Waals surface area (Å²) in [5, 5.41) is 3.03. The zero-order chi connectivity index (χ0) is 15.9. The fourth-order valence-electron chi connectivity index (χ4n) is 2.41. The number of hydrogen-bond donors (Lipinski definition) is 1. The van der Waals surface area contributed by atoms with Crippen LogP contribution in [-0.2, 0) is 11.3 Å². The van der Waals surface area contributed by atoms with E-state index in [1.165, 1.54) is 11.1 Å². The normalized spacial score (nSPS) is 13.4. The molecule has 1 amide bonds. The predicted octanol–water partition coefficient (Wildman–Crippen LogP) is 4.65. The molecule has 2 rings (SSSR count). The summed E-state index contributed by atoms with van der Waals surface area (Å²) in [5.74, 6) is 0.621. The molecule has 0 radical (unpaired) electrons. The number of nitrogens with one attached hydrogen (secondary N) is 1. The monoisotopic (exact) mass is 295 g/mol. The second kappa shape index (κ2) is 7.79. The summed E-state index contributed by atoms with van der Waals surface area (Å²) in [4.78, 5) is 12.1. The van der Waals surface area contributed by atoms with Crippen LogP contribution in [0, 0.1) is 11.8 Å². The second-order valence-corrected chi connectivity index (χ2v) is 5.95. The lowest BCUT2D eigenvalue weighted by molar-refractivity contribution is -0.126. The lowest BCUT2D eigenvalue weighted by atomic mass is 9.93. The molecule has 2 aromatic carbocycles. The highest BCUT2D eigenvalue weighted by atomic mass is 16.1. The molecule has 2 aromatic rings. The maximum atomic E-state index is 12.1. The molecule has 0 saturated carbocycles. The lowest BCUT2D eigenvalue weighted by Gasteiger charge is -2.17. The van der Waals surface area contributed by atoms with E-state index in [4.69, 9.17) is 0 Å². The third-order valence-corrected chi connectivity index (χ3v) is 4.44. The molecule has 0 saturated heterocycles. The summed E-state index contributed by atoms with van der Waals surface area (Å²) in [7, 11) is 0. The van der Waals surface area contributed by atoms with E-state index in [1.807, 2.05) is 25.1 Å². The molecule has 1 N–H and O–H groups in total. The maximum Gasteiger partial charge on any atom is 0.223 e. The van der Waals surface area contributed by atoms with Crippen LogP contribution in [-0.4, -0.2) is 5.91 Å². The van der Waals surface area contributed by atoms with E-state index < -0.39 is 0 Å². The number of rotatable bonds is 6. The molecule has 0 heterocycles. The summed E-state index contributed by atoms with van der Waals surface area (Å²) in [6.45, 7) is 6.84. The number of carbonyl (C=O) groups excluding carboxylic acids is 1. The van der Waals surface area contributed by atoms with Gasteiger partial charge < -0.3 is 5.32 Å². The van der Waals surface area contributed by atoms with Crippen molar-refractivity contribution in [2.24, 2.45) is 11.8 Å². The molecule has 116 valence electrons. The molecule has 22 heavy (non-hydrogen) atoms. The molecule has 0 aromatic heterocycles. The van der Waals surface area contributed by atoms with Crippen molar-refractivity contribution in [2.75, 3.05) is 0 Å². The van der Waals surface area contributed by atoms with Crippen molar-refractivity contribution in [2.45, 2.75) is 33.7 Å². The van der Waals surface area contributed by atoms with Gasteiger partial charge in [0, 0.05) is 12.5 Å². The van der Waals surface area contributed by atoms with Crippen LogP contribution in [0.1, 0.15) is 32.8 Å². The van der Waals surface area contributed by atoms with E-state index in [1.54, 1.807) is 0 Å². The van der Waals surface area contributed by atoms with Gasteiger partial charge in [-0.05, 0) is 22.6 Å². The minimum absolute atomic E-state index is 0.0635. The number of hydrogen-bond acceptors (Lipinski definition) is 1. The Labute approximate surface area is 133 Å². The molecule has 2 heteroatoms. The molecule has 2 unspecified atom stereocenters. The van der Waals surface area contributed by atoms with Gasteiger partial charge in [0.25, 0.3) is 0 Å². The molecular formula is C20H25NO. The fourth-order valence-corrected chi connectivity index (χ4v) is 2.41. The van der Waals surface area contributed by atoms with Crippen molar-refractivity contribution >= 4 is 5.91 Å². The Bertz CT molecular complexity index is 589. The molecule has 0 aliphatic heterocycles. The van der Waals surface area contributed by atoms with Crippen molar-refractivity contribution in [3.63, 3.8) is 0 Å². The van der Waals surface area contributed by atoms with E-state index >= 15 is 0 Å². The van der Waals surface area contributed by atoms with Gasteiger partial charge in [-0.2, -0.15) is 0 Å². The number of carbonyl (C=O) groups is 1. The topological polar surface area (TPSA) is 29.1 Å². The van der Waals surface area contributed by atoms with E-state index in [2.05, 4.69) is 55.6 Å². The SMILES string of the molecule is CCC(C)C(C)C(=O)NCc1ccc(-c2ccccc2)cc1. The third-order valence-electron chi connectivity index (χ3n) is 4.44. The summed E-state index contributed by atoms with van der Waals surface area (Å²) in [6, 6.07) is 18.7. The highest BCUT2D eigenvalue weighted by molar-refractivity contribution is 5.78. The van der Waals surface area contributed by atoms with Gasteiger partial charge in [-0.3, -0.25) is 4.79 Å². The number of amides is 1. The Morgan fingerprint density at radius 2 is 1.55 bits per heavy atom. The standard InChI is InChI=1S/C20H25NO/c1-4-15(2)16(3)20(22)21-14-17-10-12-19(13-11-17)18-8-6-5-7-9-18/h5-13,15-16H,4,14H2,1-3H3,(H,21,22). The third kappa shape index (κ3) is 4.20. The first kappa shape index (κ1) is 16.3. The van der Waals surface area contributed by atoms with E-state index in [-0.39, 0.29) is 11.8 Å². The van der Waals surface area contributed by atoms with Gasteiger partial charge in [0.2, 0.25) is 5.91 Å². The van der Waals surface area contributed by atoms with Crippen molar-refractivity contribution in [1.82, 2.24) is 5.32 Å². The first-order chi connectivity index (χ1) is 10.6. The molecule has 0 aliphatic rings. The van der Waals surface area contributed by atoms with Crippen LogP contribution in [0.5, 0.6) is 0 Å². The van der Waals surface area contributed by atoms with Gasteiger partial charge >= 0.3 is 0 Å². The van der Waals surface area contributed by atoms with E-state index in [0.717, 1.165) is 12.0 Å². The average Bonchev–Trinajstić information content (AvgIpc) is 2.59. The first-order valence-corrected chi connectivity index (χ1v) is 8.04. The Kier molecular flexibility index (Phi) is 5.76. The van der Waals surface area contributed by atoms with Crippen molar-refractivity contribution < 1.29 is 4.79 Å². The molecule has 0 fully saturated rings. The molecule has 2 nitrogen and oxygen atoms in total. The van der Waals surface area contributed by atoms with Crippen LogP contribution in [0.15, 0.2) is 54.6 Å². The van der Waals surface area contributed by atoms with E-state index in [0.29, 0.717) is 12.5 Å². The van der Waals surface area contributed by atoms with Crippen LogP contribution in [0.2, 0.25) is 0 Å². The molecule has 0 bridgehead atoms.